The van der Waals surface area contributed by atoms with E-state index in [1.54, 1.807) is 55.3 Å². The van der Waals surface area contributed by atoms with Crippen molar-refractivity contribution in [1.29, 1.82) is 0 Å². The van der Waals surface area contributed by atoms with E-state index in [2.05, 4.69) is 10.2 Å². The zero-order chi connectivity index (χ0) is 23.4. The maximum Gasteiger partial charge on any atom is 0.325 e. The van der Waals surface area contributed by atoms with Crippen LogP contribution in [0.2, 0.25) is 0 Å². The SMILES string of the molecule is CCOC(=O)CN(C)c1ccc(N=Nc2ccc(S(=O)(=O)CCCCCCO)cc2)cc1. The molecule has 0 radical (unpaired) electrons. The standard InChI is InChI=1S/C23H31N3O5S/c1-3-31-23(28)18-26(2)21-12-8-19(9-13-21)24-25-20-10-14-22(15-11-20)32(29,30)17-7-5-4-6-16-27/h8-15,27H,3-7,16-18H2,1-2H3. The number of aliphatic hydroxyl groups is 1. The van der Waals surface area contributed by atoms with Crippen molar-refractivity contribution in [2.45, 2.75) is 37.5 Å². The van der Waals surface area contributed by atoms with Crippen molar-refractivity contribution < 1.29 is 23.1 Å². The molecule has 0 saturated heterocycles. The van der Waals surface area contributed by atoms with E-state index in [0.29, 0.717) is 30.8 Å². The van der Waals surface area contributed by atoms with E-state index in [1.807, 2.05) is 12.1 Å². The van der Waals surface area contributed by atoms with Gasteiger partial charge in [0, 0.05) is 19.3 Å². The lowest BCUT2D eigenvalue weighted by molar-refractivity contribution is -0.141. The molecule has 0 bridgehead atoms. The van der Waals surface area contributed by atoms with E-state index in [0.717, 1.165) is 18.5 Å². The number of likely N-dealkylation sites (N-methyl/N-ethyl adjacent to an activating group) is 1. The van der Waals surface area contributed by atoms with Crippen LogP contribution in [0.5, 0.6) is 0 Å². The number of esters is 1. The average Bonchev–Trinajstić information content (AvgIpc) is 2.78. The predicted octanol–water partition coefficient (Wildman–Crippen LogP) is 4.43. The number of rotatable bonds is 13. The van der Waals surface area contributed by atoms with Crippen LogP contribution in [0.25, 0.3) is 0 Å². The van der Waals surface area contributed by atoms with Crippen molar-refractivity contribution in [3.63, 3.8) is 0 Å². The molecule has 0 aliphatic rings. The molecule has 0 atom stereocenters. The number of benzene rings is 2. The highest BCUT2D eigenvalue weighted by molar-refractivity contribution is 7.91. The summed E-state index contributed by atoms with van der Waals surface area (Å²) in [6, 6.07) is 13.6. The highest BCUT2D eigenvalue weighted by Crippen LogP contribution is 2.23. The third-order valence-corrected chi connectivity index (χ3v) is 6.58. The smallest absolute Gasteiger partial charge is 0.325 e. The molecule has 0 saturated carbocycles. The summed E-state index contributed by atoms with van der Waals surface area (Å²) in [5.74, 6) is -0.193. The fraction of sp³-hybridized carbons (Fsp3) is 0.435. The first-order valence-corrected chi connectivity index (χ1v) is 12.3. The topological polar surface area (TPSA) is 109 Å². The van der Waals surface area contributed by atoms with E-state index < -0.39 is 9.84 Å². The van der Waals surface area contributed by atoms with Crippen LogP contribution >= 0.6 is 0 Å². The summed E-state index contributed by atoms with van der Waals surface area (Å²) in [6.07, 6.45) is 2.89. The number of unbranched alkanes of at least 4 members (excludes halogenated alkanes) is 3. The highest BCUT2D eigenvalue weighted by Gasteiger charge is 2.13. The number of anilines is 1. The molecule has 0 heterocycles. The maximum atomic E-state index is 12.4. The summed E-state index contributed by atoms with van der Waals surface area (Å²) in [7, 11) is -1.53. The van der Waals surface area contributed by atoms with E-state index in [9.17, 15) is 13.2 Å². The van der Waals surface area contributed by atoms with Gasteiger partial charge in [0.15, 0.2) is 9.84 Å². The third-order valence-electron chi connectivity index (χ3n) is 4.76. The van der Waals surface area contributed by atoms with Gasteiger partial charge in [0.2, 0.25) is 0 Å². The Labute approximate surface area is 189 Å². The first-order chi connectivity index (χ1) is 15.4. The Morgan fingerprint density at radius 3 is 2.06 bits per heavy atom. The number of carbonyl (C=O) groups is 1. The second-order valence-electron chi connectivity index (χ2n) is 7.33. The van der Waals surface area contributed by atoms with Crippen molar-refractivity contribution in [2.24, 2.45) is 10.2 Å². The summed E-state index contributed by atoms with van der Waals surface area (Å²) in [4.78, 5) is 13.6. The lowest BCUT2D eigenvalue weighted by atomic mass is 10.2. The van der Waals surface area contributed by atoms with Crippen LogP contribution < -0.4 is 4.90 Å². The number of carbonyl (C=O) groups excluding carboxylic acids is 1. The number of ether oxygens (including phenoxy) is 1. The van der Waals surface area contributed by atoms with Crippen molar-refractivity contribution in [3.05, 3.63) is 48.5 Å². The molecule has 0 fully saturated rings. The molecular formula is C23H31N3O5S. The van der Waals surface area contributed by atoms with Crippen LogP contribution in [-0.2, 0) is 19.4 Å². The normalized spacial score (nSPS) is 11.6. The Morgan fingerprint density at radius 1 is 0.938 bits per heavy atom. The highest BCUT2D eigenvalue weighted by atomic mass is 32.2. The number of hydrogen-bond acceptors (Lipinski definition) is 8. The Hall–Kier alpha value is -2.78. The Kier molecular flexibility index (Phi) is 10.3. The van der Waals surface area contributed by atoms with Gasteiger partial charge in [-0.2, -0.15) is 10.2 Å². The Morgan fingerprint density at radius 2 is 1.50 bits per heavy atom. The van der Waals surface area contributed by atoms with Crippen molar-refractivity contribution in [3.8, 4) is 0 Å². The first kappa shape index (κ1) is 25.5. The summed E-state index contributed by atoms with van der Waals surface area (Å²) in [6.45, 7) is 2.42. The first-order valence-electron chi connectivity index (χ1n) is 10.7. The number of sulfone groups is 1. The number of nitrogens with zero attached hydrogens (tertiary/aromatic N) is 3. The minimum atomic E-state index is -3.33. The average molecular weight is 462 g/mol. The molecule has 9 heteroatoms. The molecule has 0 unspecified atom stereocenters. The van der Waals surface area contributed by atoms with Gasteiger partial charge in [-0.3, -0.25) is 4.79 Å². The zero-order valence-corrected chi connectivity index (χ0v) is 19.4. The molecule has 2 aromatic carbocycles. The largest absolute Gasteiger partial charge is 0.465 e. The molecule has 0 amide bonds. The van der Waals surface area contributed by atoms with Gasteiger partial charge >= 0.3 is 5.97 Å². The fourth-order valence-electron chi connectivity index (χ4n) is 2.98. The lowest BCUT2D eigenvalue weighted by Crippen LogP contribution is -2.26. The van der Waals surface area contributed by atoms with Gasteiger partial charge in [0.05, 0.1) is 28.6 Å². The molecule has 0 aromatic heterocycles. The molecule has 8 nitrogen and oxygen atoms in total. The van der Waals surface area contributed by atoms with Crippen LogP contribution in [0.15, 0.2) is 63.7 Å². The molecule has 32 heavy (non-hydrogen) atoms. The van der Waals surface area contributed by atoms with Crippen LogP contribution in [0, 0.1) is 0 Å². The summed E-state index contributed by atoms with van der Waals surface area (Å²) >= 11 is 0. The van der Waals surface area contributed by atoms with Gasteiger partial charge < -0.3 is 14.7 Å². The van der Waals surface area contributed by atoms with Crippen molar-refractivity contribution >= 4 is 32.9 Å². The van der Waals surface area contributed by atoms with Gasteiger partial charge in [-0.1, -0.05) is 12.8 Å². The molecule has 1 N–H and O–H groups in total. The predicted molar refractivity (Wildman–Crippen MR) is 125 cm³/mol. The lowest BCUT2D eigenvalue weighted by Gasteiger charge is -2.17. The monoisotopic (exact) mass is 461 g/mol. The van der Waals surface area contributed by atoms with Crippen LogP contribution in [0.3, 0.4) is 0 Å². The molecule has 0 spiro atoms. The molecular weight excluding hydrogens is 430 g/mol. The van der Waals surface area contributed by atoms with Gasteiger partial charge in [-0.15, -0.1) is 0 Å². The number of hydrogen-bond donors (Lipinski definition) is 1. The van der Waals surface area contributed by atoms with Gasteiger partial charge in [0.1, 0.15) is 6.54 Å². The van der Waals surface area contributed by atoms with E-state index >= 15 is 0 Å². The molecule has 0 aliphatic heterocycles. The minimum Gasteiger partial charge on any atom is -0.465 e. The van der Waals surface area contributed by atoms with E-state index in [1.165, 1.54) is 0 Å². The van der Waals surface area contributed by atoms with Gasteiger partial charge in [-0.05, 0) is 68.3 Å². The van der Waals surface area contributed by atoms with Crippen LogP contribution in [0.1, 0.15) is 32.6 Å². The molecule has 2 aromatic rings. The van der Waals surface area contributed by atoms with Gasteiger partial charge in [0.25, 0.3) is 0 Å². The quantitative estimate of drug-likeness (QED) is 0.269. The molecule has 0 aliphatic carbocycles. The van der Waals surface area contributed by atoms with Crippen molar-refractivity contribution in [1.82, 2.24) is 0 Å². The number of azo groups is 1. The zero-order valence-electron chi connectivity index (χ0n) is 18.6. The summed E-state index contributed by atoms with van der Waals surface area (Å²) in [5, 5.41) is 17.1. The van der Waals surface area contributed by atoms with Gasteiger partial charge in [-0.25, -0.2) is 8.42 Å². The van der Waals surface area contributed by atoms with Crippen molar-refractivity contribution in [2.75, 3.05) is 37.5 Å². The summed E-state index contributed by atoms with van der Waals surface area (Å²) in [5.41, 5.74) is 2.04. The second-order valence-corrected chi connectivity index (χ2v) is 9.44. The minimum absolute atomic E-state index is 0.0935. The van der Waals surface area contributed by atoms with Crippen LogP contribution in [-0.4, -0.2) is 52.1 Å². The van der Waals surface area contributed by atoms with E-state index in [4.69, 9.17) is 9.84 Å². The Bertz CT molecular complexity index is 974. The fourth-order valence-corrected chi connectivity index (χ4v) is 4.35. The number of aliphatic hydroxyl groups excluding tert-OH is 1. The maximum absolute atomic E-state index is 12.4. The molecule has 174 valence electrons. The summed E-state index contributed by atoms with van der Waals surface area (Å²) < 4.78 is 29.8. The van der Waals surface area contributed by atoms with Crippen LogP contribution in [0.4, 0.5) is 17.1 Å². The Balaban J connectivity index is 1.92. The van der Waals surface area contributed by atoms with E-state index in [-0.39, 0.29) is 29.8 Å². The second kappa shape index (κ2) is 12.9. The third kappa shape index (κ3) is 8.39. The molecule has 2 rings (SSSR count).